The molecule has 1 saturated heterocycles. The minimum atomic E-state index is -4.77. The maximum Gasteiger partial charge on any atom is 0.453 e. The summed E-state index contributed by atoms with van der Waals surface area (Å²) in [5, 5.41) is 5.75. The van der Waals surface area contributed by atoms with Gasteiger partial charge < -0.3 is 9.84 Å². The molecule has 0 spiro atoms. The summed E-state index contributed by atoms with van der Waals surface area (Å²) in [5.74, 6) is -1.58. The van der Waals surface area contributed by atoms with Crippen molar-refractivity contribution >= 4 is 11.6 Å². The molecule has 8 heteroatoms. The highest BCUT2D eigenvalue weighted by Gasteiger charge is 2.42. The monoisotopic (exact) mass is 381 g/mol. The third-order valence-corrected chi connectivity index (χ3v) is 4.71. The molecular formula is C19H22F3N3O2. The van der Waals surface area contributed by atoms with Crippen LogP contribution in [0.15, 0.2) is 28.8 Å². The average Bonchev–Trinajstić information content (AvgIpc) is 2.99. The van der Waals surface area contributed by atoms with E-state index < -0.39 is 23.4 Å². The van der Waals surface area contributed by atoms with Crippen molar-refractivity contribution in [2.45, 2.75) is 39.4 Å². The zero-order valence-electron chi connectivity index (χ0n) is 15.3. The highest BCUT2D eigenvalue weighted by atomic mass is 19.4. The fourth-order valence-corrected chi connectivity index (χ4v) is 3.41. The highest BCUT2D eigenvalue weighted by Crippen LogP contribution is 2.33. The molecule has 1 amide bonds. The molecule has 27 heavy (non-hydrogen) atoms. The Kier molecular flexibility index (Phi) is 5.55. The van der Waals surface area contributed by atoms with Gasteiger partial charge in [-0.05, 0) is 49.9 Å². The number of anilines is 1. The van der Waals surface area contributed by atoms with Crippen LogP contribution < -0.4 is 5.32 Å². The van der Waals surface area contributed by atoms with Crippen molar-refractivity contribution < 1.29 is 22.5 Å². The first-order valence-electron chi connectivity index (χ1n) is 8.90. The zero-order chi connectivity index (χ0) is 19.6. The zero-order valence-corrected chi connectivity index (χ0v) is 15.3. The summed E-state index contributed by atoms with van der Waals surface area (Å²) in [6.45, 7) is 6.49. The molecule has 1 aromatic heterocycles. The smallest absolute Gasteiger partial charge is 0.351 e. The van der Waals surface area contributed by atoms with E-state index in [1.807, 2.05) is 12.1 Å². The lowest BCUT2D eigenvalue weighted by Crippen LogP contribution is -2.33. The van der Waals surface area contributed by atoms with Crippen LogP contribution in [0.3, 0.4) is 0 Å². The van der Waals surface area contributed by atoms with E-state index in [-0.39, 0.29) is 5.69 Å². The standard InChI is InChI=1S/C19H22F3N3O2/c1-12-4-3-9-25(10-12)11-14-5-7-15(8-6-14)23-18(26)16-13(2)24-27-17(16)19(20,21)22/h5-8,12H,3-4,9-11H2,1-2H3,(H,23,26)/t12-/m0/s1. The summed E-state index contributed by atoms with van der Waals surface area (Å²) in [6, 6.07) is 7.13. The van der Waals surface area contributed by atoms with E-state index >= 15 is 0 Å². The van der Waals surface area contributed by atoms with Crippen molar-refractivity contribution in [3.05, 3.63) is 46.8 Å². The van der Waals surface area contributed by atoms with E-state index in [9.17, 15) is 18.0 Å². The van der Waals surface area contributed by atoms with E-state index in [4.69, 9.17) is 0 Å². The van der Waals surface area contributed by atoms with Crippen LogP contribution in [-0.2, 0) is 12.7 Å². The Hall–Kier alpha value is -2.35. The van der Waals surface area contributed by atoms with Gasteiger partial charge in [-0.2, -0.15) is 13.2 Å². The van der Waals surface area contributed by atoms with Gasteiger partial charge in [0.15, 0.2) is 0 Å². The first-order valence-corrected chi connectivity index (χ1v) is 8.90. The third kappa shape index (κ3) is 4.68. The number of amides is 1. The molecule has 1 N–H and O–H groups in total. The van der Waals surface area contributed by atoms with E-state index in [1.165, 1.54) is 19.8 Å². The fraction of sp³-hybridized carbons (Fsp3) is 0.474. The lowest BCUT2D eigenvalue weighted by atomic mass is 10.00. The van der Waals surface area contributed by atoms with Crippen LogP contribution in [0.5, 0.6) is 0 Å². The predicted octanol–water partition coefficient (Wildman–Crippen LogP) is 4.49. The first kappa shape index (κ1) is 19.4. The number of halogens is 3. The van der Waals surface area contributed by atoms with Gasteiger partial charge in [0.1, 0.15) is 5.56 Å². The van der Waals surface area contributed by atoms with Crippen LogP contribution in [0.2, 0.25) is 0 Å². The van der Waals surface area contributed by atoms with Crippen LogP contribution in [0.1, 0.15) is 47.1 Å². The summed E-state index contributed by atoms with van der Waals surface area (Å²) >= 11 is 0. The number of nitrogens with one attached hydrogen (secondary N) is 1. The summed E-state index contributed by atoms with van der Waals surface area (Å²) in [4.78, 5) is 14.7. The van der Waals surface area contributed by atoms with Gasteiger partial charge in [0.25, 0.3) is 11.7 Å². The minimum Gasteiger partial charge on any atom is -0.351 e. The summed E-state index contributed by atoms with van der Waals surface area (Å²) in [6.07, 6.45) is -2.33. The highest BCUT2D eigenvalue weighted by molar-refractivity contribution is 6.05. The number of aryl methyl sites for hydroxylation is 1. The van der Waals surface area contributed by atoms with Crippen molar-refractivity contribution in [1.29, 1.82) is 0 Å². The quantitative estimate of drug-likeness (QED) is 0.848. The van der Waals surface area contributed by atoms with E-state index in [0.29, 0.717) is 11.6 Å². The number of likely N-dealkylation sites (tertiary alicyclic amines) is 1. The number of carbonyl (C=O) groups is 1. The normalized spacial score (nSPS) is 18.5. The number of carbonyl (C=O) groups excluding carboxylic acids is 1. The second-order valence-corrected chi connectivity index (χ2v) is 7.10. The van der Waals surface area contributed by atoms with Crippen LogP contribution in [-0.4, -0.2) is 29.1 Å². The molecule has 0 unspecified atom stereocenters. The topological polar surface area (TPSA) is 58.4 Å². The van der Waals surface area contributed by atoms with Crippen molar-refractivity contribution in [2.24, 2.45) is 5.92 Å². The molecule has 146 valence electrons. The number of alkyl halides is 3. The molecule has 1 fully saturated rings. The van der Waals surface area contributed by atoms with Gasteiger partial charge in [0.05, 0.1) is 5.69 Å². The molecule has 0 radical (unpaired) electrons. The number of piperidine rings is 1. The maximum absolute atomic E-state index is 12.9. The number of hydrogen-bond donors (Lipinski definition) is 1. The molecule has 0 saturated carbocycles. The van der Waals surface area contributed by atoms with Crippen LogP contribution in [0.4, 0.5) is 18.9 Å². The Labute approximate surface area is 155 Å². The molecule has 1 atom stereocenters. The Balaban J connectivity index is 1.67. The maximum atomic E-state index is 12.9. The minimum absolute atomic E-state index is 0.101. The largest absolute Gasteiger partial charge is 0.453 e. The molecule has 0 bridgehead atoms. The second-order valence-electron chi connectivity index (χ2n) is 7.10. The van der Waals surface area contributed by atoms with Crippen LogP contribution in [0, 0.1) is 12.8 Å². The molecule has 2 aromatic rings. The van der Waals surface area contributed by atoms with Crippen molar-refractivity contribution in [1.82, 2.24) is 10.1 Å². The van der Waals surface area contributed by atoms with Crippen molar-refractivity contribution in [3.63, 3.8) is 0 Å². The molecule has 1 aromatic carbocycles. The summed E-state index contributed by atoms with van der Waals surface area (Å²) < 4.78 is 43.1. The Bertz CT molecular complexity index is 800. The summed E-state index contributed by atoms with van der Waals surface area (Å²) in [5.41, 5.74) is 0.827. The van der Waals surface area contributed by atoms with Crippen LogP contribution >= 0.6 is 0 Å². The molecule has 0 aliphatic carbocycles. The van der Waals surface area contributed by atoms with Gasteiger partial charge in [-0.1, -0.05) is 24.2 Å². The SMILES string of the molecule is Cc1noc(C(F)(F)F)c1C(=O)Nc1ccc(CN2CCC[C@H](C)C2)cc1. The molecule has 1 aliphatic heterocycles. The predicted molar refractivity (Wildman–Crippen MR) is 94.3 cm³/mol. The Morgan fingerprint density at radius 2 is 2.04 bits per heavy atom. The molecule has 3 rings (SSSR count). The van der Waals surface area contributed by atoms with Crippen LogP contribution in [0.25, 0.3) is 0 Å². The number of nitrogens with zero attached hydrogens (tertiary/aromatic N) is 2. The summed E-state index contributed by atoms with van der Waals surface area (Å²) in [7, 11) is 0. The second kappa shape index (κ2) is 7.72. The average molecular weight is 381 g/mol. The van der Waals surface area contributed by atoms with E-state index in [2.05, 4.69) is 26.8 Å². The lowest BCUT2D eigenvalue weighted by Gasteiger charge is -2.30. The van der Waals surface area contributed by atoms with Gasteiger partial charge in [0.2, 0.25) is 0 Å². The van der Waals surface area contributed by atoms with Crippen molar-refractivity contribution in [2.75, 3.05) is 18.4 Å². The number of benzene rings is 1. The third-order valence-electron chi connectivity index (χ3n) is 4.71. The molecule has 2 heterocycles. The lowest BCUT2D eigenvalue weighted by molar-refractivity contribution is -0.155. The first-order chi connectivity index (χ1) is 12.7. The number of rotatable bonds is 4. The Morgan fingerprint density at radius 3 is 2.67 bits per heavy atom. The van der Waals surface area contributed by atoms with Gasteiger partial charge in [-0.15, -0.1) is 0 Å². The van der Waals surface area contributed by atoms with E-state index in [1.54, 1.807) is 12.1 Å². The van der Waals surface area contributed by atoms with Gasteiger partial charge in [-0.25, -0.2) is 0 Å². The van der Waals surface area contributed by atoms with Gasteiger partial charge in [0, 0.05) is 18.8 Å². The number of aromatic nitrogens is 1. The fourth-order valence-electron chi connectivity index (χ4n) is 3.41. The van der Waals surface area contributed by atoms with Gasteiger partial charge in [-0.3, -0.25) is 9.69 Å². The number of hydrogen-bond acceptors (Lipinski definition) is 4. The molecule has 1 aliphatic rings. The molecular weight excluding hydrogens is 359 g/mol. The van der Waals surface area contributed by atoms with E-state index in [0.717, 1.165) is 25.2 Å². The van der Waals surface area contributed by atoms with Crippen molar-refractivity contribution in [3.8, 4) is 0 Å². The Morgan fingerprint density at radius 1 is 1.33 bits per heavy atom. The molecule has 5 nitrogen and oxygen atoms in total. The van der Waals surface area contributed by atoms with Gasteiger partial charge >= 0.3 is 6.18 Å².